The molecule has 2 aromatic rings. The van der Waals surface area contributed by atoms with Crippen LogP contribution in [-0.4, -0.2) is 33.5 Å². The minimum absolute atomic E-state index is 0.0309. The Morgan fingerprint density at radius 2 is 2.21 bits per heavy atom. The number of aliphatic hydroxyl groups is 1. The number of nitrogens with zero attached hydrogens (tertiary/aromatic N) is 2. The van der Waals surface area contributed by atoms with Crippen LogP contribution in [0.15, 0.2) is 36.7 Å². The van der Waals surface area contributed by atoms with E-state index in [4.69, 9.17) is 4.74 Å². The van der Waals surface area contributed by atoms with Gasteiger partial charge < -0.3 is 15.2 Å². The Labute approximate surface area is 141 Å². The number of hydrogen-bond acceptors (Lipinski definition) is 4. The summed E-state index contributed by atoms with van der Waals surface area (Å²) < 4.78 is 7.33. The third kappa shape index (κ3) is 3.76. The van der Waals surface area contributed by atoms with E-state index in [1.807, 2.05) is 44.4 Å². The third-order valence-electron chi connectivity index (χ3n) is 4.47. The van der Waals surface area contributed by atoms with Gasteiger partial charge in [0, 0.05) is 18.8 Å². The number of aliphatic hydroxyl groups excluding tert-OH is 1. The van der Waals surface area contributed by atoms with E-state index in [0.717, 1.165) is 11.1 Å². The second-order valence-corrected chi connectivity index (χ2v) is 6.43. The molecule has 128 valence electrons. The highest BCUT2D eigenvalue weighted by Gasteiger charge is 2.36. The van der Waals surface area contributed by atoms with Crippen molar-refractivity contribution < 1.29 is 14.6 Å². The largest absolute Gasteiger partial charge is 0.484 e. The summed E-state index contributed by atoms with van der Waals surface area (Å²) in [6.45, 7) is 1.92. The normalized spacial score (nSPS) is 21.0. The molecule has 1 aromatic carbocycles. The Bertz CT molecular complexity index is 707. The first-order chi connectivity index (χ1) is 11.5. The number of benzene rings is 1. The average Bonchev–Trinajstić information content (AvgIpc) is 2.95. The summed E-state index contributed by atoms with van der Waals surface area (Å²) in [5.41, 5.74) is 1.95. The molecule has 1 aromatic heterocycles. The van der Waals surface area contributed by atoms with E-state index in [0.29, 0.717) is 18.6 Å². The molecular weight excluding hydrogens is 306 g/mol. The standard InChI is InChI=1S/C18H23N3O3/c1-12-5-3-4-6-16(12)24-11-17(23)20-18(13-7-15(22)8-13)14-9-19-21(2)10-14/h3-6,9-10,13,15,18,22H,7-8,11H2,1-2H3,(H,20,23). The smallest absolute Gasteiger partial charge is 0.258 e. The first kappa shape index (κ1) is 16.5. The number of carbonyl (C=O) groups excluding carboxylic acids is 1. The molecule has 1 heterocycles. The number of hydrogen-bond donors (Lipinski definition) is 2. The number of aromatic nitrogens is 2. The van der Waals surface area contributed by atoms with Crippen molar-refractivity contribution in [3.63, 3.8) is 0 Å². The van der Waals surface area contributed by atoms with Crippen LogP contribution < -0.4 is 10.1 Å². The summed E-state index contributed by atoms with van der Waals surface area (Å²) in [6.07, 6.45) is 4.78. The van der Waals surface area contributed by atoms with Crippen molar-refractivity contribution in [3.05, 3.63) is 47.8 Å². The van der Waals surface area contributed by atoms with Crippen LogP contribution in [0.2, 0.25) is 0 Å². The number of carbonyl (C=O) groups is 1. The molecule has 1 saturated carbocycles. The molecule has 1 amide bonds. The summed E-state index contributed by atoms with van der Waals surface area (Å²) in [5.74, 6) is 0.768. The van der Waals surface area contributed by atoms with Gasteiger partial charge in [-0.1, -0.05) is 18.2 Å². The van der Waals surface area contributed by atoms with Gasteiger partial charge in [-0.25, -0.2) is 0 Å². The monoisotopic (exact) mass is 329 g/mol. The van der Waals surface area contributed by atoms with Gasteiger partial charge in [-0.3, -0.25) is 9.48 Å². The molecule has 0 saturated heterocycles. The van der Waals surface area contributed by atoms with Gasteiger partial charge >= 0.3 is 0 Å². The molecule has 1 atom stereocenters. The second kappa shape index (κ2) is 7.05. The van der Waals surface area contributed by atoms with Gasteiger partial charge in [0.15, 0.2) is 6.61 Å². The van der Waals surface area contributed by atoms with Gasteiger partial charge in [0.05, 0.1) is 18.3 Å². The lowest BCUT2D eigenvalue weighted by Crippen LogP contribution is -2.42. The van der Waals surface area contributed by atoms with Gasteiger partial charge in [-0.15, -0.1) is 0 Å². The maximum absolute atomic E-state index is 12.3. The van der Waals surface area contributed by atoms with Crippen molar-refractivity contribution in [2.24, 2.45) is 13.0 Å². The zero-order valence-corrected chi connectivity index (χ0v) is 14.0. The van der Waals surface area contributed by atoms with E-state index < -0.39 is 0 Å². The molecule has 1 aliphatic rings. The highest BCUT2D eigenvalue weighted by atomic mass is 16.5. The minimum atomic E-state index is -0.269. The van der Waals surface area contributed by atoms with Crippen LogP contribution in [0.25, 0.3) is 0 Å². The van der Waals surface area contributed by atoms with Crippen LogP contribution in [0.5, 0.6) is 5.75 Å². The molecule has 24 heavy (non-hydrogen) atoms. The zero-order valence-electron chi connectivity index (χ0n) is 14.0. The van der Waals surface area contributed by atoms with E-state index in [-0.39, 0.29) is 30.6 Å². The molecule has 6 nitrogen and oxygen atoms in total. The van der Waals surface area contributed by atoms with Crippen LogP contribution in [0, 0.1) is 12.8 Å². The molecule has 2 N–H and O–H groups in total. The topological polar surface area (TPSA) is 76.4 Å². The molecule has 0 aliphatic heterocycles. The molecular formula is C18H23N3O3. The first-order valence-corrected chi connectivity index (χ1v) is 8.17. The van der Waals surface area contributed by atoms with Crippen molar-refractivity contribution in [1.29, 1.82) is 0 Å². The molecule has 0 radical (unpaired) electrons. The van der Waals surface area contributed by atoms with E-state index >= 15 is 0 Å². The van der Waals surface area contributed by atoms with Gasteiger partial charge in [0.25, 0.3) is 5.91 Å². The van der Waals surface area contributed by atoms with Gasteiger partial charge in [0.2, 0.25) is 0 Å². The highest BCUT2D eigenvalue weighted by Crippen LogP contribution is 2.37. The zero-order chi connectivity index (χ0) is 17.1. The van der Waals surface area contributed by atoms with Gasteiger partial charge in [-0.2, -0.15) is 5.10 Å². The molecule has 0 spiro atoms. The van der Waals surface area contributed by atoms with Crippen LogP contribution in [-0.2, 0) is 11.8 Å². The molecule has 6 heteroatoms. The summed E-state index contributed by atoms with van der Waals surface area (Å²) >= 11 is 0. The summed E-state index contributed by atoms with van der Waals surface area (Å²) in [7, 11) is 1.85. The second-order valence-electron chi connectivity index (χ2n) is 6.43. The molecule has 1 aliphatic carbocycles. The Hall–Kier alpha value is -2.34. The molecule has 1 unspecified atom stereocenters. The summed E-state index contributed by atoms with van der Waals surface area (Å²) in [4.78, 5) is 12.3. The van der Waals surface area contributed by atoms with Crippen molar-refractivity contribution in [3.8, 4) is 5.75 Å². The SMILES string of the molecule is Cc1ccccc1OCC(=O)NC(c1cnn(C)c1)C1CC(O)C1. The summed E-state index contributed by atoms with van der Waals surface area (Å²) in [5, 5.41) is 16.8. The third-order valence-corrected chi connectivity index (χ3v) is 4.47. The number of para-hydroxylation sites is 1. The number of ether oxygens (including phenoxy) is 1. The van der Waals surface area contributed by atoms with E-state index in [9.17, 15) is 9.90 Å². The van der Waals surface area contributed by atoms with Crippen molar-refractivity contribution in [2.75, 3.05) is 6.61 Å². The minimum Gasteiger partial charge on any atom is -0.484 e. The van der Waals surface area contributed by atoms with E-state index in [1.165, 1.54) is 0 Å². The maximum atomic E-state index is 12.3. The quantitative estimate of drug-likeness (QED) is 0.846. The number of aryl methyl sites for hydroxylation is 2. The fourth-order valence-corrected chi connectivity index (χ4v) is 3.05. The Balaban J connectivity index is 1.62. The Morgan fingerprint density at radius 3 is 2.83 bits per heavy atom. The number of rotatable bonds is 6. The first-order valence-electron chi connectivity index (χ1n) is 8.17. The van der Waals surface area contributed by atoms with Gasteiger partial charge in [-0.05, 0) is 37.3 Å². The average molecular weight is 329 g/mol. The van der Waals surface area contributed by atoms with Crippen molar-refractivity contribution in [1.82, 2.24) is 15.1 Å². The van der Waals surface area contributed by atoms with Crippen molar-refractivity contribution >= 4 is 5.91 Å². The Kier molecular flexibility index (Phi) is 4.85. The lowest BCUT2D eigenvalue weighted by molar-refractivity contribution is -0.125. The van der Waals surface area contributed by atoms with Crippen LogP contribution in [0.4, 0.5) is 0 Å². The van der Waals surface area contributed by atoms with E-state index in [2.05, 4.69) is 10.4 Å². The number of nitrogens with one attached hydrogen (secondary N) is 1. The van der Waals surface area contributed by atoms with Gasteiger partial charge in [0.1, 0.15) is 5.75 Å². The van der Waals surface area contributed by atoms with Crippen LogP contribution in [0.1, 0.15) is 30.0 Å². The molecule has 0 bridgehead atoms. The summed E-state index contributed by atoms with van der Waals surface area (Å²) in [6, 6.07) is 7.47. The highest BCUT2D eigenvalue weighted by molar-refractivity contribution is 5.78. The maximum Gasteiger partial charge on any atom is 0.258 e. The lowest BCUT2D eigenvalue weighted by atomic mass is 9.75. The van der Waals surface area contributed by atoms with Crippen LogP contribution >= 0.6 is 0 Å². The fourth-order valence-electron chi connectivity index (χ4n) is 3.05. The Morgan fingerprint density at radius 1 is 1.46 bits per heavy atom. The van der Waals surface area contributed by atoms with Crippen LogP contribution in [0.3, 0.4) is 0 Å². The number of amides is 1. The molecule has 1 fully saturated rings. The lowest BCUT2D eigenvalue weighted by Gasteiger charge is -2.37. The predicted octanol–water partition coefficient (Wildman–Crippen LogP) is 1.74. The fraction of sp³-hybridized carbons (Fsp3) is 0.444. The van der Waals surface area contributed by atoms with E-state index in [1.54, 1.807) is 10.9 Å². The predicted molar refractivity (Wildman–Crippen MR) is 89.5 cm³/mol. The van der Waals surface area contributed by atoms with Crippen molar-refractivity contribution in [2.45, 2.75) is 31.9 Å². The molecule has 3 rings (SSSR count).